The summed E-state index contributed by atoms with van der Waals surface area (Å²) < 4.78 is 25.2. The van der Waals surface area contributed by atoms with E-state index in [0.717, 1.165) is 15.1 Å². The van der Waals surface area contributed by atoms with Crippen LogP contribution in [0.3, 0.4) is 0 Å². The molecule has 0 aliphatic heterocycles. The quantitative estimate of drug-likeness (QED) is 0.565. The lowest BCUT2D eigenvalue weighted by Crippen LogP contribution is -2.41. The Morgan fingerprint density at radius 2 is 1.41 bits per heavy atom. The molecule has 0 aromatic heterocycles. The molecule has 0 heterocycles. The zero-order valence-corrected chi connectivity index (χ0v) is 16.5. The number of phenolic OH excluding ortho intramolecular Hbond substituents is 1. The van der Waals surface area contributed by atoms with Gasteiger partial charge in [0.25, 0.3) is 11.8 Å². The fourth-order valence-corrected chi connectivity index (χ4v) is 3.55. The van der Waals surface area contributed by atoms with Gasteiger partial charge in [-0.15, -0.1) is 0 Å². The Hall–Kier alpha value is -3.43. The van der Waals surface area contributed by atoms with Gasteiger partial charge in [-0.1, -0.05) is 24.3 Å². The van der Waals surface area contributed by atoms with Crippen LogP contribution in [0.15, 0.2) is 65.6 Å². The molecule has 8 nitrogen and oxygen atoms in total. The molecule has 9 heteroatoms. The van der Waals surface area contributed by atoms with Gasteiger partial charge >= 0.3 is 0 Å². The second kappa shape index (κ2) is 7.90. The molecule has 0 radical (unpaired) electrons. The summed E-state index contributed by atoms with van der Waals surface area (Å²) in [4.78, 5) is 24.6. The Labute approximate surface area is 167 Å². The highest BCUT2D eigenvalue weighted by molar-refractivity contribution is 7.89. The first-order valence-electron chi connectivity index (χ1n) is 8.55. The maximum absolute atomic E-state index is 12.3. The molecule has 3 rings (SSSR count). The number of nitrogens with one attached hydrogen (secondary N) is 2. The highest BCUT2D eigenvalue weighted by Gasteiger charge is 2.18. The number of sulfonamides is 1. The fraction of sp³-hybridized carbons (Fsp3) is 0.100. The van der Waals surface area contributed by atoms with Crippen molar-refractivity contribution in [2.24, 2.45) is 0 Å². The van der Waals surface area contributed by atoms with Gasteiger partial charge in [-0.25, -0.2) is 12.7 Å². The van der Waals surface area contributed by atoms with Crippen LogP contribution in [0.1, 0.15) is 20.7 Å². The van der Waals surface area contributed by atoms with Crippen LogP contribution >= 0.6 is 0 Å². The van der Waals surface area contributed by atoms with Crippen molar-refractivity contribution in [1.82, 2.24) is 15.2 Å². The number of rotatable bonds is 4. The normalized spacial score (nSPS) is 11.4. The van der Waals surface area contributed by atoms with Crippen LogP contribution in [-0.4, -0.2) is 43.7 Å². The molecule has 0 aliphatic carbocycles. The number of carbonyl (C=O) groups excluding carboxylic acids is 2. The zero-order chi connectivity index (χ0) is 21.2. The summed E-state index contributed by atoms with van der Waals surface area (Å²) in [5.74, 6) is -1.53. The molecule has 150 valence electrons. The topological polar surface area (TPSA) is 116 Å². The minimum absolute atomic E-state index is 0.0106. The van der Waals surface area contributed by atoms with E-state index in [4.69, 9.17) is 0 Å². The summed E-state index contributed by atoms with van der Waals surface area (Å²) >= 11 is 0. The Kier molecular flexibility index (Phi) is 5.53. The number of aromatic hydroxyl groups is 1. The third-order valence-corrected chi connectivity index (χ3v) is 6.12. The van der Waals surface area contributed by atoms with Gasteiger partial charge in [0, 0.05) is 19.7 Å². The van der Waals surface area contributed by atoms with Crippen LogP contribution in [0.2, 0.25) is 0 Å². The number of benzene rings is 3. The van der Waals surface area contributed by atoms with E-state index in [2.05, 4.69) is 10.9 Å². The van der Waals surface area contributed by atoms with Crippen LogP contribution in [0.5, 0.6) is 5.75 Å². The molecule has 0 saturated heterocycles. The molecular weight excluding hydrogens is 394 g/mol. The summed E-state index contributed by atoms with van der Waals surface area (Å²) in [6.07, 6.45) is 0. The number of hydrazine groups is 1. The fourth-order valence-electron chi connectivity index (χ4n) is 2.65. The molecule has 3 N–H and O–H groups in total. The number of hydrogen-bond acceptors (Lipinski definition) is 5. The van der Waals surface area contributed by atoms with Gasteiger partial charge in [0.1, 0.15) is 5.75 Å². The summed E-state index contributed by atoms with van der Waals surface area (Å²) in [5.41, 5.74) is 4.65. The number of nitrogens with zero attached hydrogens (tertiary/aromatic N) is 1. The van der Waals surface area contributed by atoms with Gasteiger partial charge in [0.15, 0.2) is 0 Å². The summed E-state index contributed by atoms with van der Waals surface area (Å²) in [5, 5.41) is 11.6. The highest BCUT2D eigenvalue weighted by Crippen LogP contribution is 2.24. The van der Waals surface area contributed by atoms with E-state index in [1.165, 1.54) is 50.5 Å². The van der Waals surface area contributed by atoms with Crippen molar-refractivity contribution in [2.45, 2.75) is 4.90 Å². The molecule has 29 heavy (non-hydrogen) atoms. The smallest absolute Gasteiger partial charge is 0.273 e. The van der Waals surface area contributed by atoms with Crippen LogP contribution in [0.25, 0.3) is 10.8 Å². The Bertz CT molecular complexity index is 1190. The third-order valence-electron chi connectivity index (χ3n) is 4.29. The first-order valence-corrected chi connectivity index (χ1v) is 9.99. The summed E-state index contributed by atoms with van der Waals surface area (Å²) in [7, 11) is -0.779. The predicted molar refractivity (Wildman–Crippen MR) is 108 cm³/mol. The molecule has 2 amide bonds. The highest BCUT2D eigenvalue weighted by atomic mass is 32.2. The minimum Gasteiger partial charge on any atom is -0.507 e. The van der Waals surface area contributed by atoms with E-state index >= 15 is 0 Å². The minimum atomic E-state index is -3.60. The lowest BCUT2D eigenvalue weighted by molar-refractivity contribution is 0.0845. The maximum atomic E-state index is 12.3. The molecule has 3 aromatic carbocycles. The van der Waals surface area contributed by atoms with Crippen molar-refractivity contribution in [3.63, 3.8) is 0 Å². The van der Waals surface area contributed by atoms with Gasteiger partial charge in [-0.2, -0.15) is 0 Å². The molecule has 0 aliphatic rings. The third kappa shape index (κ3) is 4.20. The van der Waals surface area contributed by atoms with E-state index < -0.39 is 21.8 Å². The molecule has 0 spiro atoms. The average molecular weight is 413 g/mol. The van der Waals surface area contributed by atoms with Gasteiger partial charge in [0.05, 0.1) is 10.5 Å². The van der Waals surface area contributed by atoms with E-state index in [-0.39, 0.29) is 21.8 Å². The zero-order valence-electron chi connectivity index (χ0n) is 15.7. The average Bonchev–Trinajstić information content (AvgIpc) is 2.71. The first kappa shape index (κ1) is 20.3. The molecule has 0 unspecified atom stereocenters. The Morgan fingerprint density at radius 3 is 2.00 bits per heavy atom. The summed E-state index contributed by atoms with van der Waals surface area (Å²) in [6.45, 7) is 0. The van der Waals surface area contributed by atoms with Gasteiger partial charge < -0.3 is 5.11 Å². The summed E-state index contributed by atoms with van der Waals surface area (Å²) in [6, 6.07) is 15.5. The largest absolute Gasteiger partial charge is 0.507 e. The first-order chi connectivity index (χ1) is 13.7. The molecule has 0 saturated carbocycles. The Balaban J connectivity index is 1.71. The van der Waals surface area contributed by atoms with Gasteiger partial charge in [-0.05, 0) is 47.2 Å². The Morgan fingerprint density at radius 1 is 0.862 bits per heavy atom. The number of phenols is 1. The van der Waals surface area contributed by atoms with Crippen molar-refractivity contribution < 1.29 is 23.1 Å². The van der Waals surface area contributed by atoms with E-state index in [1.54, 1.807) is 12.1 Å². The number of amides is 2. The van der Waals surface area contributed by atoms with Crippen LogP contribution in [0.4, 0.5) is 0 Å². The van der Waals surface area contributed by atoms with E-state index in [0.29, 0.717) is 0 Å². The van der Waals surface area contributed by atoms with E-state index in [9.17, 15) is 23.1 Å². The molecule has 0 atom stereocenters. The number of hydrogen-bond donors (Lipinski definition) is 3. The second-order valence-corrected chi connectivity index (χ2v) is 8.59. The van der Waals surface area contributed by atoms with Crippen molar-refractivity contribution in [1.29, 1.82) is 0 Å². The van der Waals surface area contributed by atoms with Crippen molar-refractivity contribution in [3.05, 3.63) is 71.8 Å². The van der Waals surface area contributed by atoms with Gasteiger partial charge in [0.2, 0.25) is 10.0 Å². The lowest BCUT2D eigenvalue weighted by atomic mass is 10.1. The molecule has 3 aromatic rings. The lowest BCUT2D eigenvalue weighted by Gasteiger charge is -2.12. The van der Waals surface area contributed by atoms with Crippen LogP contribution < -0.4 is 10.9 Å². The van der Waals surface area contributed by atoms with Crippen LogP contribution in [0, 0.1) is 0 Å². The van der Waals surface area contributed by atoms with Crippen molar-refractivity contribution in [2.75, 3.05) is 14.1 Å². The number of fused-ring (bicyclic) bond motifs is 1. The SMILES string of the molecule is CN(C)S(=O)(=O)c1ccc(C(=O)NNC(=O)c2cc3ccccc3cc2O)cc1. The monoisotopic (exact) mass is 413 g/mol. The molecule has 0 fully saturated rings. The van der Waals surface area contributed by atoms with Crippen molar-refractivity contribution in [3.8, 4) is 5.75 Å². The molecular formula is C20H19N3O5S. The van der Waals surface area contributed by atoms with Crippen molar-refractivity contribution >= 4 is 32.6 Å². The predicted octanol–water partition coefficient (Wildman–Crippen LogP) is 1.87. The van der Waals surface area contributed by atoms with Gasteiger partial charge in [-0.3, -0.25) is 20.4 Å². The standard InChI is InChI=1S/C20H19N3O5S/c1-23(2)29(27,28)16-9-7-13(8-10-16)19(25)21-22-20(26)17-11-14-5-3-4-6-15(14)12-18(17)24/h3-12,24H,1-2H3,(H,21,25)(H,22,26). The second-order valence-electron chi connectivity index (χ2n) is 6.44. The number of carbonyl (C=O) groups is 2. The van der Waals surface area contributed by atoms with Crippen LogP contribution in [-0.2, 0) is 10.0 Å². The molecule has 0 bridgehead atoms. The maximum Gasteiger partial charge on any atom is 0.273 e. The van der Waals surface area contributed by atoms with E-state index in [1.807, 2.05) is 12.1 Å².